The van der Waals surface area contributed by atoms with Crippen molar-refractivity contribution in [3.63, 3.8) is 0 Å². The van der Waals surface area contributed by atoms with Gasteiger partial charge in [-0.3, -0.25) is 0 Å². The fraction of sp³-hybridized carbons (Fsp3) is 0.348. The number of fused-ring (bicyclic) bond motifs is 1. The number of methoxy groups -OCH3 is 4. The third kappa shape index (κ3) is 5.53. The van der Waals surface area contributed by atoms with Crippen molar-refractivity contribution in [3.05, 3.63) is 47.7 Å². The van der Waals surface area contributed by atoms with E-state index < -0.39 is 0 Å². The van der Waals surface area contributed by atoms with E-state index in [4.69, 9.17) is 24.7 Å². The van der Waals surface area contributed by atoms with Crippen molar-refractivity contribution < 1.29 is 18.9 Å². The molecule has 31 heavy (non-hydrogen) atoms. The Balaban J connectivity index is 1.51. The van der Waals surface area contributed by atoms with Crippen LogP contribution in [0, 0.1) is 0 Å². The number of aromatic nitrogens is 1. The maximum absolute atomic E-state index is 6.00. The van der Waals surface area contributed by atoms with E-state index in [9.17, 15) is 0 Å². The second-order valence-electron chi connectivity index (χ2n) is 7.01. The van der Waals surface area contributed by atoms with E-state index in [1.54, 1.807) is 28.4 Å². The molecular formula is C23H30N4O4. The average molecular weight is 427 g/mol. The Morgan fingerprint density at radius 3 is 2.42 bits per heavy atom. The fourth-order valence-corrected chi connectivity index (χ4v) is 3.37. The lowest BCUT2D eigenvalue weighted by Gasteiger charge is -2.09. The van der Waals surface area contributed by atoms with Crippen molar-refractivity contribution in [3.8, 4) is 23.0 Å². The van der Waals surface area contributed by atoms with Crippen LogP contribution in [0.4, 0.5) is 0 Å². The predicted octanol–water partition coefficient (Wildman–Crippen LogP) is 3.24. The van der Waals surface area contributed by atoms with Crippen LogP contribution in [-0.4, -0.2) is 45.9 Å². The van der Waals surface area contributed by atoms with Gasteiger partial charge in [-0.2, -0.15) is 0 Å². The SMILES string of the molecule is COc1cc(OC)c2cc(CCCNC(N)=NCc3ccc(OC)c(OC)c3)[nH]c2c1. The van der Waals surface area contributed by atoms with Gasteiger partial charge in [0.1, 0.15) is 11.5 Å². The van der Waals surface area contributed by atoms with Crippen molar-refractivity contribution in [1.82, 2.24) is 10.3 Å². The lowest BCUT2D eigenvalue weighted by molar-refractivity contribution is 0.354. The molecule has 0 atom stereocenters. The van der Waals surface area contributed by atoms with Gasteiger partial charge in [-0.1, -0.05) is 6.07 Å². The molecule has 0 amide bonds. The monoisotopic (exact) mass is 426 g/mol. The lowest BCUT2D eigenvalue weighted by Crippen LogP contribution is -2.32. The number of aliphatic imine (C=N–C) groups is 1. The molecule has 0 fully saturated rings. The smallest absolute Gasteiger partial charge is 0.188 e. The highest BCUT2D eigenvalue weighted by Gasteiger charge is 2.09. The third-order valence-corrected chi connectivity index (χ3v) is 4.99. The number of benzene rings is 2. The molecule has 0 unspecified atom stereocenters. The Bertz CT molecular complexity index is 1050. The molecule has 0 saturated carbocycles. The molecule has 0 saturated heterocycles. The van der Waals surface area contributed by atoms with Gasteiger partial charge in [0.2, 0.25) is 0 Å². The van der Waals surface area contributed by atoms with Gasteiger partial charge in [0.15, 0.2) is 17.5 Å². The molecule has 3 aromatic rings. The van der Waals surface area contributed by atoms with Gasteiger partial charge in [0.05, 0.1) is 40.5 Å². The minimum absolute atomic E-state index is 0.415. The molecule has 0 aliphatic rings. The zero-order valence-electron chi connectivity index (χ0n) is 18.5. The molecular weight excluding hydrogens is 396 g/mol. The number of nitrogens with one attached hydrogen (secondary N) is 2. The summed E-state index contributed by atoms with van der Waals surface area (Å²) in [5.74, 6) is 3.33. The second-order valence-corrected chi connectivity index (χ2v) is 7.01. The van der Waals surface area contributed by atoms with Gasteiger partial charge in [-0.15, -0.1) is 0 Å². The quantitative estimate of drug-likeness (QED) is 0.261. The van der Waals surface area contributed by atoms with Crippen LogP contribution in [0.2, 0.25) is 0 Å². The van der Waals surface area contributed by atoms with Crippen LogP contribution in [-0.2, 0) is 13.0 Å². The average Bonchev–Trinajstić information content (AvgIpc) is 3.22. The topological polar surface area (TPSA) is 103 Å². The number of nitrogens with two attached hydrogens (primary N) is 1. The highest BCUT2D eigenvalue weighted by atomic mass is 16.5. The van der Waals surface area contributed by atoms with Gasteiger partial charge >= 0.3 is 0 Å². The number of nitrogens with zero attached hydrogens (tertiary/aromatic N) is 1. The molecule has 1 aromatic heterocycles. The van der Waals surface area contributed by atoms with Gasteiger partial charge < -0.3 is 35.0 Å². The van der Waals surface area contributed by atoms with Crippen molar-refractivity contribution in [1.29, 1.82) is 0 Å². The Kier molecular flexibility index (Phi) is 7.48. The third-order valence-electron chi connectivity index (χ3n) is 4.99. The summed E-state index contributed by atoms with van der Waals surface area (Å²) in [6.45, 7) is 1.18. The molecule has 0 radical (unpaired) electrons. The van der Waals surface area contributed by atoms with Crippen LogP contribution in [0.5, 0.6) is 23.0 Å². The van der Waals surface area contributed by atoms with Crippen LogP contribution < -0.4 is 30.0 Å². The molecule has 0 aliphatic carbocycles. The molecule has 2 aromatic carbocycles. The Morgan fingerprint density at radius 2 is 1.71 bits per heavy atom. The van der Waals surface area contributed by atoms with Gasteiger partial charge in [0, 0.05) is 29.8 Å². The summed E-state index contributed by atoms with van der Waals surface area (Å²) in [5.41, 5.74) is 9.12. The maximum Gasteiger partial charge on any atom is 0.188 e. The second kappa shape index (κ2) is 10.5. The number of aryl methyl sites for hydroxylation is 1. The molecule has 3 rings (SSSR count). The summed E-state index contributed by atoms with van der Waals surface area (Å²) in [5, 5.41) is 4.21. The summed E-state index contributed by atoms with van der Waals surface area (Å²) >= 11 is 0. The normalized spacial score (nSPS) is 11.4. The van der Waals surface area contributed by atoms with Crippen molar-refractivity contribution in [2.45, 2.75) is 19.4 Å². The molecule has 8 nitrogen and oxygen atoms in total. The molecule has 4 N–H and O–H groups in total. The van der Waals surface area contributed by atoms with Crippen LogP contribution in [0.25, 0.3) is 10.9 Å². The van der Waals surface area contributed by atoms with Crippen molar-refractivity contribution in [2.75, 3.05) is 35.0 Å². The van der Waals surface area contributed by atoms with E-state index in [1.165, 1.54) is 0 Å². The van der Waals surface area contributed by atoms with E-state index >= 15 is 0 Å². The first-order valence-electron chi connectivity index (χ1n) is 10.1. The lowest BCUT2D eigenvalue weighted by atomic mass is 10.2. The summed E-state index contributed by atoms with van der Waals surface area (Å²) in [7, 11) is 6.53. The summed E-state index contributed by atoms with van der Waals surface area (Å²) in [6, 6.07) is 11.7. The first kappa shape index (κ1) is 22.1. The van der Waals surface area contributed by atoms with Crippen LogP contribution >= 0.6 is 0 Å². The number of guanidine groups is 1. The standard InChI is InChI=1S/C23H30N4O4/c1-28-17-12-19-18(21(13-17)30-3)11-16(27-19)6-5-9-25-23(24)26-14-15-7-8-20(29-2)22(10-15)31-4/h7-8,10-13,27H,5-6,9,14H2,1-4H3,(H3,24,25,26). The fourth-order valence-electron chi connectivity index (χ4n) is 3.37. The molecule has 0 bridgehead atoms. The summed E-state index contributed by atoms with van der Waals surface area (Å²) < 4.78 is 21.4. The van der Waals surface area contributed by atoms with Crippen LogP contribution in [0.1, 0.15) is 17.7 Å². The molecule has 166 valence electrons. The van der Waals surface area contributed by atoms with E-state index in [2.05, 4.69) is 21.4 Å². The zero-order chi connectivity index (χ0) is 22.2. The highest BCUT2D eigenvalue weighted by molar-refractivity contribution is 5.88. The number of rotatable bonds is 10. The van der Waals surface area contributed by atoms with Gasteiger partial charge in [-0.25, -0.2) is 4.99 Å². The Hall–Kier alpha value is -3.55. The van der Waals surface area contributed by atoms with Gasteiger partial charge in [0.25, 0.3) is 0 Å². The first-order valence-corrected chi connectivity index (χ1v) is 10.1. The van der Waals surface area contributed by atoms with Crippen molar-refractivity contribution in [2.24, 2.45) is 10.7 Å². The minimum atomic E-state index is 0.415. The molecule has 8 heteroatoms. The van der Waals surface area contributed by atoms with Crippen LogP contribution in [0.3, 0.4) is 0 Å². The zero-order valence-corrected chi connectivity index (χ0v) is 18.5. The van der Waals surface area contributed by atoms with E-state index in [0.717, 1.165) is 53.0 Å². The summed E-state index contributed by atoms with van der Waals surface area (Å²) in [6.07, 6.45) is 1.77. The minimum Gasteiger partial charge on any atom is -0.497 e. The predicted molar refractivity (Wildman–Crippen MR) is 123 cm³/mol. The molecule has 0 aliphatic heterocycles. The van der Waals surface area contributed by atoms with Crippen LogP contribution in [0.15, 0.2) is 41.4 Å². The number of hydrogen-bond donors (Lipinski definition) is 3. The number of H-pyrrole nitrogens is 1. The van der Waals surface area contributed by atoms with E-state index in [-0.39, 0.29) is 0 Å². The van der Waals surface area contributed by atoms with E-state index in [1.807, 2.05) is 30.3 Å². The first-order chi connectivity index (χ1) is 15.1. The van der Waals surface area contributed by atoms with Crippen molar-refractivity contribution >= 4 is 16.9 Å². The number of hydrogen-bond acceptors (Lipinski definition) is 5. The molecule has 0 spiro atoms. The Labute approximate surface area is 182 Å². The van der Waals surface area contributed by atoms with Gasteiger partial charge in [-0.05, 0) is 36.6 Å². The van der Waals surface area contributed by atoms with E-state index in [0.29, 0.717) is 24.0 Å². The highest BCUT2D eigenvalue weighted by Crippen LogP contribution is 2.32. The molecule has 1 heterocycles. The number of aromatic amines is 1. The summed E-state index contributed by atoms with van der Waals surface area (Å²) in [4.78, 5) is 7.82. The maximum atomic E-state index is 6.00. The largest absolute Gasteiger partial charge is 0.497 e. The number of ether oxygens (including phenoxy) is 4. The Morgan fingerprint density at radius 1 is 0.935 bits per heavy atom.